The van der Waals surface area contributed by atoms with Crippen LogP contribution in [0, 0.1) is 0 Å². The summed E-state index contributed by atoms with van der Waals surface area (Å²) in [6, 6.07) is 14.7. The van der Waals surface area contributed by atoms with Crippen molar-refractivity contribution in [3.05, 3.63) is 59.7 Å². The van der Waals surface area contributed by atoms with E-state index in [2.05, 4.69) is 0 Å². The third kappa shape index (κ3) is 8.75. The third-order valence-corrected chi connectivity index (χ3v) is 8.05. The predicted molar refractivity (Wildman–Crippen MR) is 144 cm³/mol. The van der Waals surface area contributed by atoms with Crippen LogP contribution in [-0.4, -0.2) is 87.8 Å². The minimum Gasteiger partial charge on any atom is -0.497 e. The van der Waals surface area contributed by atoms with Crippen LogP contribution in [0.4, 0.5) is 26.3 Å². The van der Waals surface area contributed by atoms with Crippen LogP contribution >= 0.6 is 0 Å². The number of rotatable bonds is 10. The summed E-state index contributed by atoms with van der Waals surface area (Å²) in [5.74, 6) is 1.20. The van der Waals surface area contributed by atoms with E-state index in [0.29, 0.717) is 50.5 Å². The Bertz CT molecular complexity index is 1030. The molecule has 11 heteroatoms. The number of hydrogen-bond acceptors (Lipinski definition) is 5. The minimum atomic E-state index is -4.95. The molecule has 0 N–H and O–H groups in total. The summed E-state index contributed by atoms with van der Waals surface area (Å²) in [5, 5.41) is 0. The lowest BCUT2D eigenvalue weighted by atomic mass is 9.90. The number of piperidine rings is 2. The van der Waals surface area contributed by atoms with Crippen LogP contribution in [0.25, 0.3) is 0 Å². The van der Waals surface area contributed by atoms with Gasteiger partial charge in [-0.15, -0.1) is 0 Å². The minimum absolute atomic E-state index is 0.0481. The maximum Gasteiger partial charge on any atom is 0.415 e. The quantitative estimate of drug-likeness (QED) is 0.291. The smallest absolute Gasteiger partial charge is 0.415 e. The van der Waals surface area contributed by atoms with E-state index < -0.39 is 37.7 Å². The predicted octanol–water partition coefficient (Wildman–Crippen LogP) is 6.64. The average Bonchev–Trinajstić information content (AvgIpc) is 2.95. The molecule has 0 spiro atoms. The Balaban J connectivity index is 1.43. The van der Waals surface area contributed by atoms with Crippen LogP contribution in [-0.2, 0) is 4.74 Å². The number of methoxy groups -OCH3 is 2. The van der Waals surface area contributed by atoms with Crippen LogP contribution in [0.15, 0.2) is 48.5 Å². The molecule has 2 fully saturated rings. The van der Waals surface area contributed by atoms with Crippen LogP contribution in [0.2, 0.25) is 0 Å². The molecule has 228 valence electrons. The van der Waals surface area contributed by atoms with Crippen molar-refractivity contribution >= 4 is 0 Å². The zero-order valence-electron chi connectivity index (χ0n) is 23.4. The number of benzene rings is 2. The summed E-state index contributed by atoms with van der Waals surface area (Å²) in [7, 11) is 3.08. The molecule has 2 aliphatic heterocycles. The summed E-state index contributed by atoms with van der Waals surface area (Å²) in [6.45, 7) is 0.0249. The molecular weight excluding hydrogens is 550 g/mol. The summed E-state index contributed by atoms with van der Waals surface area (Å²) < 4.78 is 100. The Morgan fingerprint density at radius 1 is 0.707 bits per heavy atom. The molecule has 0 unspecified atom stereocenters. The van der Waals surface area contributed by atoms with E-state index in [1.807, 2.05) is 36.4 Å². The maximum absolute atomic E-state index is 14.1. The molecule has 2 aliphatic rings. The maximum atomic E-state index is 14.1. The molecule has 2 aromatic rings. The molecule has 5 nitrogen and oxygen atoms in total. The van der Waals surface area contributed by atoms with Crippen molar-refractivity contribution in [3.8, 4) is 11.5 Å². The van der Waals surface area contributed by atoms with Crippen molar-refractivity contribution in [1.82, 2.24) is 9.80 Å². The van der Waals surface area contributed by atoms with Gasteiger partial charge in [-0.1, -0.05) is 24.3 Å². The first-order chi connectivity index (χ1) is 19.5. The van der Waals surface area contributed by atoms with Gasteiger partial charge in [0.05, 0.1) is 14.2 Å². The fourth-order valence-corrected chi connectivity index (χ4v) is 5.89. The largest absolute Gasteiger partial charge is 0.497 e. The summed E-state index contributed by atoms with van der Waals surface area (Å²) in [4.78, 5) is 3.14. The first-order valence-corrected chi connectivity index (χ1v) is 14.0. The lowest BCUT2D eigenvalue weighted by molar-refractivity contribution is -0.290. The topological polar surface area (TPSA) is 34.2 Å². The van der Waals surface area contributed by atoms with Crippen LogP contribution < -0.4 is 9.47 Å². The van der Waals surface area contributed by atoms with E-state index in [4.69, 9.17) is 14.2 Å². The number of alkyl halides is 6. The molecule has 4 rings (SSSR count). The highest BCUT2D eigenvalue weighted by atomic mass is 19.4. The van der Waals surface area contributed by atoms with Crippen molar-refractivity contribution in [1.29, 1.82) is 0 Å². The lowest BCUT2D eigenvalue weighted by Gasteiger charge is -2.39. The summed E-state index contributed by atoms with van der Waals surface area (Å²) >= 11 is 0. The zero-order valence-corrected chi connectivity index (χ0v) is 23.4. The van der Waals surface area contributed by atoms with Gasteiger partial charge in [-0.25, -0.2) is 0 Å². The fraction of sp³-hybridized carbons (Fsp3) is 0.600. The zero-order chi connectivity index (χ0) is 29.6. The highest BCUT2D eigenvalue weighted by Gasteiger charge is 2.50. The van der Waals surface area contributed by atoms with Crippen LogP contribution in [0.5, 0.6) is 11.5 Å². The number of hydrogen-bond donors (Lipinski definition) is 0. The van der Waals surface area contributed by atoms with Gasteiger partial charge in [0, 0.05) is 26.2 Å². The Morgan fingerprint density at radius 3 is 1.49 bits per heavy atom. The second kappa shape index (κ2) is 13.6. The molecule has 0 radical (unpaired) electrons. The van der Waals surface area contributed by atoms with E-state index in [1.165, 1.54) is 14.2 Å². The van der Waals surface area contributed by atoms with Crippen molar-refractivity contribution in [3.63, 3.8) is 0 Å². The Hall–Kier alpha value is -2.50. The fourth-order valence-electron chi connectivity index (χ4n) is 5.89. The van der Waals surface area contributed by atoms with Crippen molar-refractivity contribution in [2.75, 3.05) is 53.5 Å². The van der Waals surface area contributed by atoms with Crippen LogP contribution in [0.3, 0.4) is 0 Å². The standard InChI is InChI=1S/C30H38F6N2O3/c1-39-25-11-3-7-21(15-25)23-9-5-13-37(17-23)19-27(29(31,32)33)41-28(30(34,35)36)20-38-14-6-10-24(18-38)22-8-4-12-26(16-22)40-2/h3-4,7-8,11-12,15-16,23-24,27-28H,5-6,9-10,13-14,17-20H2,1-2H3/t23-,24-,27+,28+/m1/s1. The monoisotopic (exact) mass is 588 g/mol. The molecule has 0 aliphatic carbocycles. The Morgan fingerprint density at radius 2 is 1.12 bits per heavy atom. The van der Waals surface area contributed by atoms with Gasteiger partial charge in [-0.2, -0.15) is 26.3 Å². The normalized spacial score (nSPS) is 22.7. The van der Waals surface area contributed by atoms with Gasteiger partial charge in [0.1, 0.15) is 11.5 Å². The highest BCUT2D eigenvalue weighted by molar-refractivity contribution is 5.32. The molecule has 0 aromatic heterocycles. The van der Waals surface area contributed by atoms with Gasteiger partial charge < -0.3 is 14.2 Å². The highest BCUT2D eigenvalue weighted by Crippen LogP contribution is 2.35. The molecular formula is C30H38F6N2O3. The first kappa shape index (κ1) is 31.4. The number of halogens is 6. The second-order valence-corrected chi connectivity index (χ2v) is 10.9. The van der Waals surface area contributed by atoms with E-state index >= 15 is 0 Å². The first-order valence-electron chi connectivity index (χ1n) is 14.0. The molecule has 2 saturated heterocycles. The van der Waals surface area contributed by atoms with E-state index in [-0.39, 0.29) is 11.8 Å². The molecule has 4 atom stereocenters. The number of likely N-dealkylation sites (tertiary alicyclic amines) is 2. The van der Waals surface area contributed by atoms with Gasteiger partial charge in [-0.05, 0) is 86.0 Å². The Labute approximate surface area is 237 Å². The molecule has 0 saturated carbocycles. The van der Waals surface area contributed by atoms with Gasteiger partial charge in [0.25, 0.3) is 0 Å². The third-order valence-electron chi connectivity index (χ3n) is 8.05. The SMILES string of the molecule is COc1cccc([C@@H]2CCCN(C[C@H](O[C@@H](CN3CCC[C@@H](c4cccc(OC)c4)C3)C(F)(F)F)C(F)(F)F)C2)c1. The summed E-state index contributed by atoms with van der Waals surface area (Å²) in [5.41, 5.74) is 1.87. The van der Waals surface area contributed by atoms with Crippen LogP contribution in [0.1, 0.15) is 48.6 Å². The van der Waals surface area contributed by atoms with Crippen molar-refractivity contribution in [2.24, 2.45) is 0 Å². The van der Waals surface area contributed by atoms with Gasteiger partial charge in [-0.3, -0.25) is 9.80 Å². The molecule has 0 amide bonds. The Kier molecular flexibility index (Phi) is 10.5. The van der Waals surface area contributed by atoms with E-state index in [1.54, 1.807) is 21.9 Å². The molecule has 41 heavy (non-hydrogen) atoms. The lowest BCUT2D eigenvalue weighted by Crippen LogP contribution is -2.52. The van der Waals surface area contributed by atoms with Gasteiger partial charge in [0.2, 0.25) is 0 Å². The molecule has 0 bridgehead atoms. The van der Waals surface area contributed by atoms with E-state index in [9.17, 15) is 26.3 Å². The number of ether oxygens (including phenoxy) is 3. The van der Waals surface area contributed by atoms with Crippen molar-refractivity contribution in [2.45, 2.75) is 62.1 Å². The summed E-state index contributed by atoms with van der Waals surface area (Å²) in [6.07, 6.45) is -12.2. The van der Waals surface area contributed by atoms with Crippen molar-refractivity contribution < 1.29 is 40.6 Å². The molecule has 2 heterocycles. The van der Waals surface area contributed by atoms with Gasteiger partial charge >= 0.3 is 12.4 Å². The average molecular weight is 589 g/mol. The molecule has 2 aromatic carbocycles. The number of nitrogens with zero attached hydrogens (tertiary/aromatic N) is 2. The van der Waals surface area contributed by atoms with Gasteiger partial charge in [0.15, 0.2) is 12.2 Å². The second-order valence-electron chi connectivity index (χ2n) is 10.9. The van der Waals surface area contributed by atoms with E-state index in [0.717, 1.165) is 24.0 Å².